The fourth-order valence-electron chi connectivity index (χ4n) is 1.74. The third-order valence-electron chi connectivity index (χ3n) is 2.77. The predicted molar refractivity (Wildman–Crippen MR) is 79.7 cm³/mol. The normalized spacial score (nSPS) is 12.2. The van der Waals surface area contributed by atoms with Crippen molar-refractivity contribution in [3.8, 4) is 0 Å². The SMILES string of the molecule is CN(C)c1ccc(C(NN)c2ccc(Br)cn2)cn1. The molecule has 19 heavy (non-hydrogen) atoms. The molecule has 5 nitrogen and oxygen atoms in total. The highest BCUT2D eigenvalue weighted by molar-refractivity contribution is 9.10. The summed E-state index contributed by atoms with van der Waals surface area (Å²) in [6.07, 6.45) is 3.56. The van der Waals surface area contributed by atoms with Gasteiger partial charge in [-0.1, -0.05) is 6.07 Å². The Kier molecular flexibility index (Phi) is 4.47. The predicted octanol–water partition coefficient (Wildman–Crippen LogP) is 1.86. The van der Waals surface area contributed by atoms with Crippen LogP contribution in [0.4, 0.5) is 5.82 Å². The van der Waals surface area contributed by atoms with Crippen molar-refractivity contribution in [1.29, 1.82) is 0 Å². The maximum absolute atomic E-state index is 5.63. The van der Waals surface area contributed by atoms with Crippen molar-refractivity contribution in [3.05, 3.63) is 52.4 Å². The Morgan fingerprint density at radius 2 is 1.95 bits per heavy atom. The second-order valence-corrected chi connectivity index (χ2v) is 5.26. The van der Waals surface area contributed by atoms with Crippen molar-refractivity contribution in [2.75, 3.05) is 19.0 Å². The van der Waals surface area contributed by atoms with E-state index in [-0.39, 0.29) is 6.04 Å². The average molecular weight is 322 g/mol. The van der Waals surface area contributed by atoms with Crippen LogP contribution in [0.1, 0.15) is 17.3 Å². The summed E-state index contributed by atoms with van der Waals surface area (Å²) in [4.78, 5) is 10.7. The van der Waals surface area contributed by atoms with E-state index in [1.165, 1.54) is 0 Å². The lowest BCUT2D eigenvalue weighted by Gasteiger charge is -2.17. The largest absolute Gasteiger partial charge is 0.363 e. The zero-order valence-electron chi connectivity index (χ0n) is 10.8. The van der Waals surface area contributed by atoms with Crippen molar-refractivity contribution in [1.82, 2.24) is 15.4 Å². The van der Waals surface area contributed by atoms with Crippen molar-refractivity contribution in [2.45, 2.75) is 6.04 Å². The number of halogens is 1. The molecule has 0 amide bonds. The molecular weight excluding hydrogens is 306 g/mol. The molecule has 100 valence electrons. The van der Waals surface area contributed by atoms with Crippen molar-refractivity contribution >= 4 is 21.7 Å². The van der Waals surface area contributed by atoms with Crippen LogP contribution in [-0.4, -0.2) is 24.1 Å². The van der Waals surface area contributed by atoms with Gasteiger partial charge in [0, 0.05) is 31.0 Å². The summed E-state index contributed by atoms with van der Waals surface area (Å²) in [7, 11) is 3.91. The zero-order valence-corrected chi connectivity index (χ0v) is 12.4. The molecule has 2 aromatic heterocycles. The van der Waals surface area contributed by atoms with Gasteiger partial charge in [-0.3, -0.25) is 10.8 Å². The minimum Gasteiger partial charge on any atom is -0.363 e. The number of rotatable bonds is 4. The van der Waals surface area contributed by atoms with Gasteiger partial charge in [0.2, 0.25) is 0 Å². The van der Waals surface area contributed by atoms with Crippen molar-refractivity contribution in [3.63, 3.8) is 0 Å². The molecule has 0 aliphatic rings. The molecular formula is C13H16BrN5. The van der Waals surface area contributed by atoms with Crippen LogP contribution < -0.4 is 16.2 Å². The second kappa shape index (κ2) is 6.10. The summed E-state index contributed by atoms with van der Waals surface area (Å²) < 4.78 is 0.938. The number of hydrogen-bond acceptors (Lipinski definition) is 5. The Balaban J connectivity index is 2.28. The van der Waals surface area contributed by atoms with E-state index in [2.05, 4.69) is 31.3 Å². The maximum Gasteiger partial charge on any atom is 0.127 e. The Morgan fingerprint density at radius 3 is 2.42 bits per heavy atom. The van der Waals surface area contributed by atoms with Gasteiger partial charge in [-0.25, -0.2) is 10.4 Å². The summed E-state index contributed by atoms with van der Waals surface area (Å²) in [6, 6.07) is 7.65. The van der Waals surface area contributed by atoms with E-state index in [4.69, 9.17) is 5.84 Å². The molecule has 3 N–H and O–H groups in total. The second-order valence-electron chi connectivity index (χ2n) is 4.35. The van der Waals surface area contributed by atoms with Crippen molar-refractivity contribution in [2.24, 2.45) is 5.84 Å². The maximum atomic E-state index is 5.63. The monoisotopic (exact) mass is 321 g/mol. The summed E-state index contributed by atoms with van der Waals surface area (Å²) in [5, 5.41) is 0. The Labute approximate surface area is 121 Å². The van der Waals surface area contributed by atoms with Crippen LogP contribution >= 0.6 is 15.9 Å². The number of nitrogens with one attached hydrogen (secondary N) is 1. The van der Waals surface area contributed by atoms with Gasteiger partial charge < -0.3 is 4.90 Å². The lowest BCUT2D eigenvalue weighted by molar-refractivity contribution is 0.618. The van der Waals surface area contributed by atoms with Crippen LogP contribution in [0.2, 0.25) is 0 Å². The Hall–Kier alpha value is -1.50. The minimum absolute atomic E-state index is 0.170. The number of hydrogen-bond donors (Lipinski definition) is 2. The number of hydrazine groups is 1. The highest BCUT2D eigenvalue weighted by Crippen LogP contribution is 2.21. The molecule has 1 unspecified atom stereocenters. The molecule has 1 atom stereocenters. The molecule has 2 heterocycles. The topological polar surface area (TPSA) is 67.1 Å². The van der Waals surface area contributed by atoms with Crippen LogP contribution in [0.25, 0.3) is 0 Å². The van der Waals surface area contributed by atoms with Gasteiger partial charge in [-0.05, 0) is 39.7 Å². The fourth-order valence-corrected chi connectivity index (χ4v) is 1.98. The summed E-state index contributed by atoms with van der Waals surface area (Å²) in [6.45, 7) is 0. The molecule has 0 bridgehead atoms. The summed E-state index contributed by atoms with van der Waals surface area (Å²) in [5.41, 5.74) is 4.60. The van der Waals surface area contributed by atoms with E-state index in [1.54, 1.807) is 6.20 Å². The van der Waals surface area contributed by atoms with Gasteiger partial charge in [-0.15, -0.1) is 0 Å². The lowest BCUT2D eigenvalue weighted by Crippen LogP contribution is -2.29. The molecule has 0 aliphatic heterocycles. The van der Waals surface area contributed by atoms with Gasteiger partial charge in [0.15, 0.2) is 0 Å². The molecule has 2 rings (SSSR count). The van der Waals surface area contributed by atoms with Crippen molar-refractivity contribution < 1.29 is 0 Å². The first-order valence-electron chi connectivity index (χ1n) is 5.82. The Morgan fingerprint density at radius 1 is 1.16 bits per heavy atom. The van der Waals surface area contributed by atoms with E-state index in [0.29, 0.717) is 0 Å². The van der Waals surface area contributed by atoms with Gasteiger partial charge in [-0.2, -0.15) is 0 Å². The summed E-state index contributed by atoms with van der Waals surface area (Å²) in [5.74, 6) is 6.54. The molecule has 0 aliphatic carbocycles. The molecule has 0 aromatic carbocycles. The number of nitrogens with zero attached hydrogens (tertiary/aromatic N) is 3. The van der Waals surface area contributed by atoms with Crippen LogP contribution in [0, 0.1) is 0 Å². The van der Waals surface area contributed by atoms with Crippen LogP contribution in [-0.2, 0) is 0 Å². The number of nitrogens with two attached hydrogens (primary N) is 1. The lowest BCUT2D eigenvalue weighted by atomic mass is 10.1. The molecule has 0 saturated carbocycles. The van der Waals surface area contributed by atoms with E-state index in [1.807, 2.05) is 49.5 Å². The first-order valence-corrected chi connectivity index (χ1v) is 6.62. The van der Waals surface area contributed by atoms with Crippen LogP contribution in [0.5, 0.6) is 0 Å². The van der Waals surface area contributed by atoms with E-state index in [9.17, 15) is 0 Å². The first-order chi connectivity index (χ1) is 9.11. The first kappa shape index (κ1) is 13.9. The van der Waals surface area contributed by atoms with Gasteiger partial charge in [0.05, 0.1) is 11.7 Å². The van der Waals surface area contributed by atoms with Crippen LogP contribution in [0.3, 0.4) is 0 Å². The third kappa shape index (κ3) is 3.28. The number of anilines is 1. The quantitative estimate of drug-likeness (QED) is 0.664. The fraction of sp³-hybridized carbons (Fsp3) is 0.231. The van der Waals surface area contributed by atoms with Gasteiger partial charge in [0.25, 0.3) is 0 Å². The van der Waals surface area contributed by atoms with Gasteiger partial charge >= 0.3 is 0 Å². The molecule has 0 spiro atoms. The number of aromatic nitrogens is 2. The Bertz CT molecular complexity index is 524. The van der Waals surface area contributed by atoms with E-state index in [0.717, 1.165) is 21.5 Å². The standard InChI is InChI=1S/C13H16BrN5/c1-19(2)12-6-3-9(7-17-12)13(18-15)11-5-4-10(14)8-16-11/h3-8,13,18H,15H2,1-2H3. The molecule has 0 saturated heterocycles. The third-order valence-corrected chi connectivity index (χ3v) is 3.24. The highest BCUT2D eigenvalue weighted by atomic mass is 79.9. The minimum atomic E-state index is -0.170. The molecule has 0 radical (unpaired) electrons. The molecule has 6 heteroatoms. The van der Waals surface area contributed by atoms with E-state index < -0.39 is 0 Å². The summed E-state index contributed by atoms with van der Waals surface area (Å²) >= 11 is 3.37. The van der Waals surface area contributed by atoms with Crippen LogP contribution in [0.15, 0.2) is 41.1 Å². The smallest absolute Gasteiger partial charge is 0.127 e. The van der Waals surface area contributed by atoms with E-state index >= 15 is 0 Å². The van der Waals surface area contributed by atoms with Gasteiger partial charge in [0.1, 0.15) is 5.82 Å². The average Bonchev–Trinajstić information content (AvgIpc) is 2.42. The molecule has 2 aromatic rings. The highest BCUT2D eigenvalue weighted by Gasteiger charge is 2.14. The zero-order chi connectivity index (χ0) is 13.8. The number of pyridine rings is 2. The molecule has 0 fully saturated rings.